The van der Waals surface area contributed by atoms with Gasteiger partial charge in [-0.05, 0) is 31.9 Å². The Kier molecular flexibility index (Phi) is 1.69. The zero-order valence-corrected chi connectivity index (χ0v) is 8.48. The number of rotatable bonds is 0. The van der Waals surface area contributed by atoms with E-state index in [2.05, 4.69) is 47.0 Å². The van der Waals surface area contributed by atoms with Gasteiger partial charge >= 0.3 is 0 Å². The van der Waals surface area contributed by atoms with Gasteiger partial charge in [0, 0.05) is 6.20 Å². The van der Waals surface area contributed by atoms with E-state index < -0.39 is 0 Å². The standard InChI is InChI=1S/C6H3Br2N3/c7-4-2-9-6(8)3-1-10-11-5(3)4/h1-2H,(H,10,11). The lowest BCUT2D eigenvalue weighted by atomic mass is 10.3. The van der Waals surface area contributed by atoms with Crippen LogP contribution in [0.5, 0.6) is 0 Å². The molecule has 0 unspecified atom stereocenters. The molecule has 0 radical (unpaired) electrons. The molecule has 5 heteroatoms. The average Bonchev–Trinajstić information content (AvgIpc) is 2.45. The molecule has 2 heterocycles. The van der Waals surface area contributed by atoms with Crippen LogP contribution in [-0.4, -0.2) is 15.2 Å². The number of H-pyrrole nitrogens is 1. The molecule has 0 spiro atoms. The number of hydrogen-bond acceptors (Lipinski definition) is 2. The molecule has 0 aliphatic heterocycles. The van der Waals surface area contributed by atoms with Crippen LogP contribution in [0, 0.1) is 0 Å². The van der Waals surface area contributed by atoms with Crippen LogP contribution in [0.3, 0.4) is 0 Å². The van der Waals surface area contributed by atoms with E-state index in [1.54, 1.807) is 12.4 Å². The van der Waals surface area contributed by atoms with E-state index in [9.17, 15) is 0 Å². The minimum absolute atomic E-state index is 0.810. The fraction of sp³-hybridized carbons (Fsp3) is 0. The molecule has 2 aromatic rings. The molecule has 3 nitrogen and oxygen atoms in total. The van der Waals surface area contributed by atoms with Gasteiger partial charge in [0.25, 0.3) is 0 Å². The molecular formula is C6H3Br2N3. The van der Waals surface area contributed by atoms with Crippen LogP contribution in [-0.2, 0) is 0 Å². The van der Waals surface area contributed by atoms with Crippen molar-refractivity contribution in [1.29, 1.82) is 0 Å². The minimum Gasteiger partial charge on any atom is -0.277 e. The van der Waals surface area contributed by atoms with Crippen molar-refractivity contribution in [3.05, 3.63) is 21.5 Å². The second kappa shape index (κ2) is 2.57. The number of aromatic amines is 1. The molecule has 0 saturated heterocycles. The highest BCUT2D eigenvalue weighted by Crippen LogP contribution is 2.25. The third kappa shape index (κ3) is 1.08. The molecule has 0 amide bonds. The largest absolute Gasteiger partial charge is 0.277 e. The third-order valence-electron chi connectivity index (χ3n) is 1.39. The van der Waals surface area contributed by atoms with Crippen molar-refractivity contribution in [2.24, 2.45) is 0 Å². The summed E-state index contributed by atoms with van der Waals surface area (Å²) in [6.45, 7) is 0. The number of nitrogens with zero attached hydrogens (tertiary/aromatic N) is 2. The lowest BCUT2D eigenvalue weighted by Gasteiger charge is -1.93. The summed E-state index contributed by atoms with van der Waals surface area (Å²) >= 11 is 6.67. The maximum atomic E-state index is 4.09. The molecule has 0 atom stereocenters. The van der Waals surface area contributed by atoms with Gasteiger partial charge in [0.1, 0.15) is 4.60 Å². The molecule has 56 valence electrons. The van der Waals surface area contributed by atoms with Crippen LogP contribution in [0.4, 0.5) is 0 Å². The van der Waals surface area contributed by atoms with E-state index in [0.717, 1.165) is 20.0 Å². The molecule has 2 aromatic heterocycles. The molecule has 0 aliphatic carbocycles. The second-order valence-electron chi connectivity index (χ2n) is 2.06. The normalized spacial score (nSPS) is 10.7. The second-order valence-corrected chi connectivity index (χ2v) is 3.66. The Hall–Kier alpha value is -0.420. The van der Waals surface area contributed by atoms with Crippen molar-refractivity contribution < 1.29 is 0 Å². The molecule has 0 bridgehead atoms. The number of nitrogens with one attached hydrogen (secondary N) is 1. The van der Waals surface area contributed by atoms with Crippen molar-refractivity contribution in [2.45, 2.75) is 0 Å². The fourth-order valence-corrected chi connectivity index (χ4v) is 1.68. The highest BCUT2D eigenvalue weighted by molar-refractivity contribution is 9.11. The monoisotopic (exact) mass is 275 g/mol. The van der Waals surface area contributed by atoms with Gasteiger partial charge in [-0.1, -0.05) is 0 Å². The fourth-order valence-electron chi connectivity index (χ4n) is 0.872. The smallest absolute Gasteiger partial charge is 0.117 e. The van der Waals surface area contributed by atoms with Crippen LogP contribution in [0.1, 0.15) is 0 Å². The van der Waals surface area contributed by atoms with Crippen molar-refractivity contribution in [2.75, 3.05) is 0 Å². The molecule has 0 saturated carbocycles. The summed E-state index contributed by atoms with van der Waals surface area (Å²) in [7, 11) is 0. The maximum absolute atomic E-state index is 4.09. The predicted molar refractivity (Wildman–Crippen MR) is 49.3 cm³/mol. The average molecular weight is 277 g/mol. The molecule has 11 heavy (non-hydrogen) atoms. The number of hydrogen-bond donors (Lipinski definition) is 1. The highest BCUT2D eigenvalue weighted by Gasteiger charge is 2.04. The summed E-state index contributed by atoms with van der Waals surface area (Å²) < 4.78 is 1.73. The topological polar surface area (TPSA) is 41.6 Å². The third-order valence-corrected chi connectivity index (χ3v) is 2.62. The first kappa shape index (κ1) is 7.24. The van der Waals surface area contributed by atoms with Crippen molar-refractivity contribution in [3.8, 4) is 0 Å². The van der Waals surface area contributed by atoms with Crippen LogP contribution in [0.25, 0.3) is 10.9 Å². The summed E-state index contributed by atoms with van der Waals surface area (Å²) in [5, 5.41) is 7.75. The molecule has 0 fully saturated rings. The van der Waals surface area contributed by atoms with Gasteiger partial charge in [-0.25, -0.2) is 4.98 Å². The summed E-state index contributed by atoms with van der Waals surface area (Å²) in [6, 6.07) is 0. The van der Waals surface area contributed by atoms with E-state index in [4.69, 9.17) is 0 Å². The number of fused-ring (bicyclic) bond motifs is 1. The van der Waals surface area contributed by atoms with E-state index >= 15 is 0 Å². The Balaban J connectivity index is 2.96. The van der Waals surface area contributed by atoms with E-state index in [1.165, 1.54) is 0 Å². The predicted octanol–water partition coefficient (Wildman–Crippen LogP) is 2.48. The first-order valence-corrected chi connectivity index (χ1v) is 4.50. The Morgan fingerprint density at radius 2 is 2.09 bits per heavy atom. The molecule has 0 aromatic carbocycles. The van der Waals surface area contributed by atoms with E-state index in [-0.39, 0.29) is 0 Å². The van der Waals surface area contributed by atoms with Gasteiger partial charge in [-0.3, -0.25) is 5.10 Å². The van der Waals surface area contributed by atoms with Gasteiger partial charge in [-0.2, -0.15) is 5.10 Å². The molecule has 1 N–H and O–H groups in total. The Bertz CT molecular complexity index is 360. The van der Waals surface area contributed by atoms with Crippen molar-refractivity contribution >= 4 is 42.8 Å². The van der Waals surface area contributed by atoms with Gasteiger partial charge in [0.05, 0.1) is 21.6 Å². The van der Waals surface area contributed by atoms with Crippen LogP contribution in [0.2, 0.25) is 0 Å². The SMILES string of the molecule is Brc1ncc(Br)c2[nH]ncc12. The van der Waals surface area contributed by atoms with Crippen LogP contribution in [0.15, 0.2) is 21.5 Å². The van der Waals surface area contributed by atoms with E-state index in [0.29, 0.717) is 0 Å². The summed E-state index contributed by atoms with van der Waals surface area (Å²) in [5.74, 6) is 0. The van der Waals surface area contributed by atoms with Crippen molar-refractivity contribution in [1.82, 2.24) is 15.2 Å². The first-order chi connectivity index (χ1) is 5.29. The summed E-state index contributed by atoms with van der Waals surface area (Å²) in [5.41, 5.74) is 0.965. The van der Waals surface area contributed by atoms with Gasteiger partial charge in [0.2, 0.25) is 0 Å². The van der Waals surface area contributed by atoms with Crippen molar-refractivity contribution in [3.63, 3.8) is 0 Å². The highest BCUT2D eigenvalue weighted by atomic mass is 79.9. The van der Waals surface area contributed by atoms with E-state index in [1.807, 2.05) is 0 Å². The van der Waals surface area contributed by atoms with Gasteiger partial charge in [-0.15, -0.1) is 0 Å². The number of halogens is 2. The Labute approximate surface area is 79.5 Å². The molecule has 0 aliphatic rings. The zero-order chi connectivity index (χ0) is 7.84. The zero-order valence-electron chi connectivity index (χ0n) is 5.31. The lowest BCUT2D eigenvalue weighted by Crippen LogP contribution is -1.77. The number of aromatic nitrogens is 3. The summed E-state index contributed by atoms with van der Waals surface area (Å²) in [4.78, 5) is 4.09. The summed E-state index contributed by atoms with van der Waals surface area (Å²) in [6.07, 6.45) is 3.46. The Morgan fingerprint density at radius 1 is 1.27 bits per heavy atom. The Morgan fingerprint density at radius 3 is 2.82 bits per heavy atom. The quantitative estimate of drug-likeness (QED) is 0.751. The molecular weight excluding hydrogens is 274 g/mol. The van der Waals surface area contributed by atoms with Gasteiger partial charge < -0.3 is 0 Å². The number of pyridine rings is 1. The first-order valence-electron chi connectivity index (χ1n) is 2.92. The molecule has 2 rings (SSSR count). The van der Waals surface area contributed by atoms with Crippen LogP contribution < -0.4 is 0 Å². The van der Waals surface area contributed by atoms with Gasteiger partial charge in [0.15, 0.2) is 0 Å². The van der Waals surface area contributed by atoms with Crippen LogP contribution >= 0.6 is 31.9 Å². The lowest BCUT2D eigenvalue weighted by molar-refractivity contribution is 1.12. The minimum atomic E-state index is 0.810. The maximum Gasteiger partial charge on any atom is 0.117 e.